The second-order valence-corrected chi connectivity index (χ2v) is 7.80. The molecule has 1 saturated heterocycles. The predicted molar refractivity (Wildman–Crippen MR) is 118 cm³/mol. The van der Waals surface area contributed by atoms with E-state index in [1.54, 1.807) is 6.08 Å². The molecule has 1 aromatic heterocycles. The molecule has 148 valence electrons. The zero-order valence-corrected chi connectivity index (χ0v) is 17.1. The Hall–Kier alpha value is -2.99. The quantitative estimate of drug-likeness (QED) is 0.606. The van der Waals surface area contributed by atoms with E-state index in [9.17, 15) is 4.79 Å². The predicted octanol–water partition coefficient (Wildman–Crippen LogP) is 3.88. The van der Waals surface area contributed by atoms with Crippen LogP contribution in [-0.2, 0) is 11.2 Å². The summed E-state index contributed by atoms with van der Waals surface area (Å²) < 4.78 is 4.53. The molecule has 0 aliphatic carbocycles. The van der Waals surface area contributed by atoms with Crippen molar-refractivity contribution in [1.82, 2.24) is 14.3 Å². The summed E-state index contributed by atoms with van der Waals surface area (Å²) in [6.45, 7) is 3.15. The summed E-state index contributed by atoms with van der Waals surface area (Å²) in [5, 5.41) is 0.949. The molecule has 29 heavy (non-hydrogen) atoms. The van der Waals surface area contributed by atoms with Crippen molar-refractivity contribution in [2.45, 2.75) is 12.8 Å². The second kappa shape index (κ2) is 9.47. The number of benzene rings is 2. The van der Waals surface area contributed by atoms with E-state index in [-0.39, 0.29) is 5.91 Å². The number of nitrogens with zero attached hydrogens (tertiary/aromatic N) is 4. The minimum absolute atomic E-state index is 0.0673. The normalized spacial score (nSPS) is 14.9. The maximum Gasteiger partial charge on any atom is 0.246 e. The maximum absolute atomic E-state index is 12.6. The van der Waals surface area contributed by atoms with Gasteiger partial charge in [0.15, 0.2) is 0 Å². The highest BCUT2D eigenvalue weighted by molar-refractivity contribution is 7.09. The van der Waals surface area contributed by atoms with Crippen LogP contribution >= 0.6 is 11.5 Å². The lowest BCUT2D eigenvalue weighted by atomic mass is 10.1. The molecule has 1 aliphatic heterocycles. The van der Waals surface area contributed by atoms with Crippen LogP contribution in [0.1, 0.15) is 23.4 Å². The molecule has 1 aliphatic rings. The van der Waals surface area contributed by atoms with E-state index in [4.69, 9.17) is 4.98 Å². The van der Waals surface area contributed by atoms with Gasteiger partial charge in [0.25, 0.3) is 0 Å². The Morgan fingerprint density at radius 2 is 1.72 bits per heavy atom. The van der Waals surface area contributed by atoms with Crippen LogP contribution in [0.3, 0.4) is 0 Å². The lowest BCUT2D eigenvalue weighted by Crippen LogP contribution is -2.34. The zero-order chi connectivity index (χ0) is 19.9. The molecule has 2 heterocycles. The molecule has 1 fully saturated rings. The molecule has 2 aromatic carbocycles. The van der Waals surface area contributed by atoms with Gasteiger partial charge in [0.2, 0.25) is 11.0 Å². The Morgan fingerprint density at radius 1 is 0.966 bits per heavy atom. The Labute approximate surface area is 175 Å². The van der Waals surface area contributed by atoms with Gasteiger partial charge in [-0.05, 0) is 23.6 Å². The molecule has 0 N–H and O–H groups in total. The molecule has 0 unspecified atom stereocenters. The van der Waals surface area contributed by atoms with Gasteiger partial charge in [-0.15, -0.1) is 0 Å². The van der Waals surface area contributed by atoms with Crippen LogP contribution in [0.2, 0.25) is 0 Å². The fourth-order valence-corrected chi connectivity index (χ4v) is 4.13. The van der Waals surface area contributed by atoms with Gasteiger partial charge in [-0.3, -0.25) is 4.79 Å². The number of carbonyl (C=O) groups is 1. The van der Waals surface area contributed by atoms with Crippen LogP contribution in [0.15, 0.2) is 66.7 Å². The summed E-state index contributed by atoms with van der Waals surface area (Å²) in [6.07, 6.45) is 5.23. The van der Waals surface area contributed by atoms with E-state index in [0.29, 0.717) is 6.54 Å². The van der Waals surface area contributed by atoms with Crippen LogP contribution in [-0.4, -0.2) is 46.3 Å². The van der Waals surface area contributed by atoms with Gasteiger partial charge in [-0.1, -0.05) is 60.7 Å². The fourth-order valence-electron chi connectivity index (χ4n) is 3.39. The van der Waals surface area contributed by atoms with Gasteiger partial charge in [0, 0.05) is 50.2 Å². The largest absolute Gasteiger partial charge is 0.345 e. The molecular weight excluding hydrogens is 380 g/mol. The van der Waals surface area contributed by atoms with E-state index >= 15 is 0 Å². The van der Waals surface area contributed by atoms with Gasteiger partial charge in [-0.2, -0.15) is 4.37 Å². The molecule has 0 atom stereocenters. The highest BCUT2D eigenvalue weighted by atomic mass is 32.1. The van der Waals surface area contributed by atoms with E-state index in [2.05, 4.69) is 21.4 Å². The molecule has 6 heteroatoms. The smallest absolute Gasteiger partial charge is 0.246 e. The van der Waals surface area contributed by atoms with Gasteiger partial charge < -0.3 is 9.80 Å². The van der Waals surface area contributed by atoms with E-state index in [1.807, 2.05) is 59.5 Å². The molecule has 4 rings (SSSR count). The number of rotatable bonds is 5. The average molecular weight is 405 g/mol. The number of hydrogen-bond donors (Lipinski definition) is 0. The minimum Gasteiger partial charge on any atom is -0.345 e. The maximum atomic E-state index is 12.6. The summed E-state index contributed by atoms with van der Waals surface area (Å²) in [5.41, 5.74) is 2.26. The second-order valence-electron chi connectivity index (χ2n) is 7.07. The first kappa shape index (κ1) is 19.3. The van der Waals surface area contributed by atoms with E-state index < -0.39 is 0 Å². The first-order valence-corrected chi connectivity index (χ1v) is 10.7. The molecule has 5 nitrogen and oxygen atoms in total. The third-order valence-electron chi connectivity index (χ3n) is 4.96. The highest BCUT2D eigenvalue weighted by Crippen LogP contribution is 2.20. The van der Waals surface area contributed by atoms with Crippen LogP contribution in [0, 0.1) is 0 Å². The number of hydrogen-bond acceptors (Lipinski definition) is 5. The summed E-state index contributed by atoms with van der Waals surface area (Å²) >= 11 is 1.45. The standard InChI is InChI=1S/C23H24N4OS/c28-22(13-12-19-8-3-1-4-9-19)26-14-7-15-27(17-16-26)23-24-21(25-29-23)18-20-10-5-2-6-11-20/h1-6,8-13H,7,14-18H2. The lowest BCUT2D eigenvalue weighted by molar-refractivity contribution is -0.125. The molecule has 1 amide bonds. The molecule has 0 saturated carbocycles. The van der Waals surface area contributed by atoms with Crippen molar-refractivity contribution in [1.29, 1.82) is 0 Å². The minimum atomic E-state index is 0.0673. The fraction of sp³-hybridized carbons (Fsp3) is 0.261. The summed E-state index contributed by atoms with van der Waals surface area (Å²) in [4.78, 5) is 21.5. The zero-order valence-electron chi connectivity index (χ0n) is 16.3. The summed E-state index contributed by atoms with van der Waals surface area (Å²) in [5.74, 6) is 0.928. The van der Waals surface area contributed by atoms with Gasteiger partial charge in [-0.25, -0.2) is 4.98 Å². The third kappa shape index (κ3) is 5.29. The number of amides is 1. The summed E-state index contributed by atoms with van der Waals surface area (Å²) in [6, 6.07) is 20.2. The lowest BCUT2D eigenvalue weighted by Gasteiger charge is -2.20. The van der Waals surface area contributed by atoms with Gasteiger partial charge >= 0.3 is 0 Å². The molecule has 0 spiro atoms. The number of carbonyl (C=O) groups excluding carboxylic acids is 1. The number of aromatic nitrogens is 2. The van der Waals surface area contributed by atoms with Crippen molar-refractivity contribution in [2.24, 2.45) is 0 Å². The third-order valence-corrected chi connectivity index (χ3v) is 5.77. The summed E-state index contributed by atoms with van der Waals surface area (Å²) in [7, 11) is 0. The monoisotopic (exact) mass is 404 g/mol. The first-order valence-electron chi connectivity index (χ1n) is 9.91. The van der Waals surface area contributed by atoms with Crippen LogP contribution < -0.4 is 4.90 Å². The van der Waals surface area contributed by atoms with Crippen LogP contribution in [0.4, 0.5) is 5.13 Å². The highest BCUT2D eigenvalue weighted by Gasteiger charge is 2.20. The first-order chi connectivity index (χ1) is 14.3. The van der Waals surface area contributed by atoms with Crippen LogP contribution in [0.25, 0.3) is 6.08 Å². The SMILES string of the molecule is O=C(C=Cc1ccccc1)N1CCCN(c2nc(Cc3ccccc3)ns2)CC1. The van der Waals surface area contributed by atoms with Crippen molar-refractivity contribution < 1.29 is 4.79 Å². The average Bonchev–Trinajstić information content (AvgIpc) is 3.08. The van der Waals surface area contributed by atoms with Crippen molar-refractivity contribution in [3.05, 3.63) is 83.7 Å². The van der Waals surface area contributed by atoms with Crippen molar-refractivity contribution in [2.75, 3.05) is 31.1 Å². The molecule has 0 radical (unpaired) electrons. The van der Waals surface area contributed by atoms with E-state index in [0.717, 1.165) is 49.0 Å². The Balaban J connectivity index is 1.34. The number of anilines is 1. The van der Waals surface area contributed by atoms with Crippen LogP contribution in [0.5, 0.6) is 0 Å². The topological polar surface area (TPSA) is 49.3 Å². The van der Waals surface area contributed by atoms with Gasteiger partial charge in [0.1, 0.15) is 5.82 Å². The van der Waals surface area contributed by atoms with Crippen molar-refractivity contribution in [3.63, 3.8) is 0 Å². The molecule has 0 bridgehead atoms. The van der Waals surface area contributed by atoms with E-state index in [1.165, 1.54) is 17.1 Å². The van der Waals surface area contributed by atoms with Crippen molar-refractivity contribution >= 4 is 28.6 Å². The van der Waals surface area contributed by atoms with Crippen molar-refractivity contribution in [3.8, 4) is 0 Å². The Bertz CT molecular complexity index is 955. The molecular formula is C23H24N4OS. The molecule has 3 aromatic rings. The van der Waals surface area contributed by atoms with Gasteiger partial charge in [0.05, 0.1) is 0 Å². The Morgan fingerprint density at radius 3 is 2.52 bits per heavy atom. The Kier molecular flexibility index (Phi) is 6.32.